The fourth-order valence-corrected chi connectivity index (χ4v) is 2.44. The van der Waals surface area contributed by atoms with E-state index in [1.54, 1.807) is 0 Å². The van der Waals surface area contributed by atoms with Gasteiger partial charge in [0, 0.05) is 24.7 Å². The maximum atomic E-state index is 5.97. The van der Waals surface area contributed by atoms with E-state index in [-0.39, 0.29) is 0 Å². The van der Waals surface area contributed by atoms with Crippen LogP contribution in [0.15, 0.2) is 18.3 Å². The Morgan fingerprint density at radius 1 is 1.29 bits per heavy atom. The first-order valence-corrected chi connectivity index (χ1v) is 6.66. The lowest BCUT2D eigenvalue weighted by Crippen LogP contribution is -2.41. The molecule has 2 aliphatic rings. The molecule has 0 unspecified atom stereocenters. The Morgan fingerprint density at radius 3 is 2.82 bits per heavy atom. The van der Waals surface area contributed by atoms with Gasteiger partial charge >= 0.3 is 0 Å². The highest BCUT2D eigenvalue weighted by Gasteiger charge is 2.25. The number of pyridine rings is 1. The van der Waals surface area contributed by atoms with Crippen LogP contribution in [0.5, 0.6) is 5.88 Å². The quantitative estimate of drug-likeness (QED) is 0.868. The van der Waals surface area contributed by atoms with Crippen LogP contribution in [0.3, 0.4) is 0 Å². The average molecular weight is 232 g/mol. The van der Waals surface area contributed by atoms with Crippen LogP contribution in [0, 0.1) is 5.92 Å². The molecule has 3 heteroatoms. The smallest absolute Gasteiger partial charge is 0.213 e. The van der Waals surface area contributed by atoms with Crippen molar-refractivity contribution in [3.05, 3.63) is 23.9 Å². The van der Waals surface area contributed by atoms with E-state index >= 15 is 0 Å². The van der Waals surface area contributed by atoms with E-state index in [9.17, 15) is 0 Å². The van der Waals surface area contributed by atoms with E-state index in [1.165, 1.54) is 18.4 Å². The maximum absolute atomic E-state index is 5.97. The van der Waals surface area contributed by atoms with Crippen LogP contribution in [0.25, 0.3) is 0 Å². The molecule has 0 radical (unpaired) electrons. The van der Waals surface area contributed by atoms with Crippen LogP contribution in [0.4, 0.5) is 0 Å². The Labute approximate surface area is 103 Å². The van der Waals surface area contributed by atoms with Crippen LogP contribution < -0.4 is 10.1 Å². The normalized spacial score (nSPS) is 29.0. The molecule has 1 saturated heterocycles. The first-order chi connectivity index (χ1) is 8.33. The fraction of sp³-hybridized carbons (Fsp3) is 0.643. The van der Waals surface area contributed by atoms with Crippen molar-refractivity contribution in [2.24, 2.45) is 5.92 Å². The van der Waals surface area contributed by atoms with Crippen molar-refractivity contribution in [1.82, 2.24) is 10.3 Å². The second-order valence-corrected chi connectivity index (χ2v) is 5.33. The Balaban J connectivity index is 1.63. The van der Waals surface area contributed by atoms with Crippen molar-refractivity contribution in [1.29, 1.82) is 0 Å². The highest BCUT2D eigenvalue weighted by atomic mass is 16.5. The lowest BCUT2D eigenvalue weighted by molar-refractivity contribution is 0.107. The Bertz CT molecular complexity index is 372. The topological polar surface area (TPSA) is 34.1 Å². The average Bonchev–Trinajstić information content (AvgIpc) is 3.17. The second-order valence-electron chi connectivity index (χ2n) is 5.33. The van der Waals surface area contributed by atoms with Crippen molar-refractivity contribution in [3.63, 3.8) is 0 Å². The molecule has 3 nitrogen and oxygen atoms in total. The molecule has 1 aliphatic carbocycles. The highest BCUT2D eigenvalue weighted by Crippen LogP contribution is 2.39. The molecule has 2 heterocycles. The van der Waals surface area contributed by atoms with Gasteiger partial charge in [-0.3, -0.25) is 0 Å². The summed E-state index contributed by atoms with van der Waals surface area (Å²) < 4.78 is 5.97. The van der Waals surface area contributed by atoms with Crippen molar-refractivity contribution in [3.8, 4) is 5.88 Å². The number of piperidine rings is 1. The third-order valence-electron chi connectivity index (χ3n) is 3.79. The Hall–Kier alpha value is -1.09. The van der Waals surface area contributed by atoms with Crippen molar-refractivity contribution in [2.45, 2.75) is 38.2 Å². The summed E-state index contributed by atoms with van der Waals surface area (Å²) in [6, 6.07) is 4.20. The van der Waals surface area contributed by atoms with E-state index in [2.05, 4.69) is 23.3 Å². The van der Waals surface area contributed by atoms with Gasteiger partial charge in [0.05, 0.1) is 0 Å². The van der Waals surface area contributed by atoms with Gasteiger partial charge < -0.3 is 10.1 Å². The fourth-order valence-electron chi connectivity index (χ4n) is 2.44. The van der Waals surface area contributed by atoms with Gasteiger partial charge in [-0.25, -0.2) is 4.98 Å². The predicted octanol–water partition coefficient (Wildman–Crippen LogP) is 2.34. The molecule has 0 bridgehead atoms. The second kappa shape index (κ2) is 4.65. The molecular formula is C14H20N2O. The highest BCUT2D eigenvalue weighted by molar-refractivity contribution is 5.24. The number of hydrogen-bond acceptors (Lipinski definition) is 3. The first kappa shape index (κ1) is 11.0. The number of aromatic nitrogens is 1. The van der Waals surface area contributed by atoms with E-state index in [1.807, 2.05) is 12.3 Å². The summed E-state index contributed by atoms with van der Waals surface area (Å²) in [4.78, 5) is 4.43. The molecule has 1 aromatic heterocycles. The molecule has 0 amide bonds. The van der Waals surface area contributed by atoms with Gasteiger partial charge in [-0.2, -0.15) is 0 Å². The van der Waals surface area contributed by atoms with Gasteiger partial charge in [-0.1, -0.05) is 13.0 Å². The third-order valence-corrected chi connectivity index (χ3v) is 3.79. The maximum Gasteiger partial charge on any atom is 0.213 e. The van der Waals surface area contributed by atoms with Gasteiger partial charge in [0.15, 0.2) is 0 Å². The van der Waals surface area contributed by atoms with Crippen molar-refractivity contribution >= 4 is 0 Å². The van der Waals surface area contributed by atoms with Gasteiger partial charge in [0.2, 0.25) is 5.88 Å². The summed E-state index contributed by atoms with van der Waals surface area (Å²) in [7, 11) is 0. The monoisotopic (exact) mass is 232 g/mol. The lowest BCUT2D eigenvalue weighted by atomic mass is 9.98. The molecule has 1 N–H and O–H groups in total. The van der Waals surface area contributed by atoms with Crippen LogP contribution >= 0.6 is 0 Å². The summed E-state index contributed by atoms with van der Waals surface area (Å²) in [6.45, 7) is 4.33. The number of nitrogens with zero attached hydrogens (tertiary/aromatic N) is 1. The number of hydrogen-bond donors (Lipinski definition) is 1. The molecule has 1 saturated carbocycles. The molecule has 92 valence electrons. The van der Waals surface area contributed by atoms with Gasteiger partial charge in [-0.05, 0) is 37.3 Å². The van der Waals surface area contributed by atoms with E-state index in [0.717, 1.165) is 31.3 Å². The molecule has 1 aliphatic heterocycles. The lowest BCUT2D eigenvalue weighted by Gasteiger charge is -2.29. The molecule has 17 heavy (non-hydrogen) atoms. The first-order valence-electron chi connectivity index (χ1n) is 6.66. The van der Waals surface area contributed by atoms with Crippen LogP contribution in [-0.4, -0.2) is 24.2 Å². The van der Waals surface area contributed by atoms with E-state index < -0.39 is 0 Å². The predicted molar refractivity (Wildman–Crippen MR) is 67.3 cm³/mol. The molecule has 0 spiro atoms. The summed E-state index contributed by atoms with van der Waals surface area (Å²) >= 11 is 0. The number of nitrogens with one attached hydrogen (secondary N) is 1. The largest absolute Gasteiger partial charge is 0.474 e. The minimum absolute atomic E-state index is 0.315. The van der Waals surface area contributed by atoms with E-state index in [4.69, 9.17) is 4.74 Å². The zero-order valence-corrected chi connectivity index (χ0v) is 10.4. The molecule has 0 aromatic carbocycles. The van der Waals surface area contributed by atoms with Crippen molar-refractivity contribution in [2.75, 3.05) is 13.1 Å². The standard InChI is InChI=1S/C14H20N2O/c1-10-8-15-7-6-13(10)17-14-5-4-12(9-16-14)11-2-3-11/h4-5,9-11,13,15H,2-3,6-8H2,1H3/t10-,13+/m1/s1. The summed E-state index contributed by atoms with van der Waals surface area (Å²) in [6.07, 6.45) is 6.03. The van der Waals surface area contributed by atoms with Gasteiger partial charge in [-0.15, -0.1) is 0 Å². The number of ether oxygens (including phenoxy) is 1. The van der Waals surface area contributed by atoms with E-state index in [0.29, 0.717) is 12.0 Å². The Kier molecular flexibility index (Phi) is 3.02. The third kappa shape index (κ3) is 2.60. The molecular weight excluding hydrogens is 212 g/mol. The Morgan fingerprint density at radius 2 is 2.18 bits per heavy atom. The van der Waals surface area contributed by atoms with Crippen LogP contribution in [-0.2, 0) is 0 Å². The minimum atomic E-state index is 0.315. The van der Waals surface area contributed by atoms with Gasteiger partial charge in [0.25, 0.3) is 0 Å². The SMILES string of the molecule is C[C@@H]1CNCC[C@@H]1Oc1ccc(C2CC2)cn1. The molecule has 2 fully saturated rings. The summed E-state index contributed by atoms with van der Waals surface area (Å²) in [5, 5.41) is 3.38. The number of rotatable bonds is 3. The zero-order valence-electron chi connectivity index (χ0n) is 10.4. The molecule has 1 aromatic rings. The minimum Gasteiger partial charge on any atom is -0.474 e. The molecule has 2 atom stereocenters. The van der Waals surface area contributed by atoms with Crippen molar-refractivity contribution < 1.29 is 4.74 Å². The molecule has 3 rings (SSSR count). The van der Waals surface area contributed by atoms with Gasteiger partial charge in [0.1, 0.15) is 6.10 Å². The summed E-state index contributed by atoms with van der Waals surface area (Å²) in [5.74, 6) is 2.12. The van der Waals surface area contributed by atoms with Crippen LogP contribution in [0.1, 0.15) is 37.7 Å². The zero-order chi connectivity index (χ0) is 11.7. The summed E-state index contributed by atoms with van der Waals surface area (Å²) in [5.41, 5.74) is 1.37. The van der Waals surface area contributed by atoms with Crippen LogP contribution in [0.2, 0.25) is 0 Å².